The Kier molecular flexibility index (Phi) is 7.93. The molecule has 0 fully saturated rings. The highest BCUT2D eigenvalue weighted by atomic mass is 35.5. The summed E-state index contributed by atoms with van der Waals surface area (Å²) in [7, 11) is -0.421. The number of hydrogen-bond donors (Lipinski definition) is 2. The first-order valence-electron chi connectivity index (χ1n) is 7.82. The first kappa shape index (κ1) is 19.9. The molecule has 0 saturated heterocycles. The van der Waals surface area contributed by atoms with Gasteiger partial charge in [0.1, 0.15) is 0 Å². The van der Waals surface area contributed by atoms with Crippen molar-refractivity contribution < 1.29 is 0 Å². The number of hydrogen-bond acceptors (Lipinski definition) is 2. The highest BCUT2D eigenvalue weighted by Crippen LogP contribution is 2.35. The van der Waals surface area contributed by atoms with Gasteiger partial charge < -0.3 is 10.7 Å². The number of halogens is 1. The Morgan fingerprint density at radius 3 is 2.57 bits per heavy atom. The van der Waals surface area contributed by atoms with Crippen LogP contribution in [0.3, 0.4) is 0 Å². The Bertz CT molecular complexity index is 586. The SMILES string of the molecule is C=Cc1ccc(Cl)cc1/C(NCCCCS(C)(C)C)=C(\C)C=N. The fourth-order valence-corrected chi connectivity index (χ4v) is 3.56. The zero-order valence-corrected chi connectivity index (χ0v) is 16.3. The average Bonchev–Trinajstić information content (AvgIpc) is 2.49. The van der Waals surface area contributed by atoms with Crippen LogP contribution in [0, 0.1) is 5.41 Å². The summed E-state index contributed by atoms with van der Waals surface area (Å²) in [5, 5.41) is 11.8. The largest absolute Gasteiger partial charge is 0.384 e. The predicted octanol–water partition coefficient (Wildman–Crippen LogP) is 5.43. The monoisotopic (exact) mass is 352 g/mol. The van der Waals surface area contributed by atoms with E-state index in [0.29, 0.717) is 5.02 Å². The molecule has 1 aromatic rings. The Morgan fingerprint density at radius 1 is 1.30 bits per heavy atom. The zero-order chi connectivity index (χ0) is 17.5. The molecular formula is C19H29ClN2S. The molecule has 0 unspecified atom stereocenters. The van der Waals surface area contributed by atoms with Crippen LogP contribution in [0.5, 0.6) is 0 Å². The lowest BCUT2D eigenvalue weighted by Gasteiger charge is -2.25. The van der Waals surface area contributed by atoms with Crippen molar-refractivity contribution in [1.82, 2.24) is 5.32 Å². The van der Waals surface area contributed by atoms with E-state index in [-0.39, 0.29) is 0 Å². The molecule has 128 valence electrons. The highest BCUT2D eigenvalue weighted by Gasteiger charge is 2.10. The zero-order valence-electron chi connectivity index (χ0n) is 14.7. The van der Waals surface area contributed by atoms with Crippen LogP contribution in [0.25, 0.3) is 11.8 Å². The average molecular weight is 353 g/mol. The molecule has 0 amide bonds. The van der Waals surface area contributed by atoms with Gasteiger partial charge in [0, 0.05) is 29.0 Å². The van der Waals surface area contributed by atoms with E-state index in [1.165, 1.54) is 18.4 Å². The molecule has 0 heterocycles. The number of unbranched alkanes of at least 4 members (excludes halogenated alkanes) is 1. The van der Waals surface area contributed by atoms with Crippen molar-refractivity contribution in [2.75, 3.05) is 31.1 Å². The van der Waals surface area contributed by atoms with Gasteiger partial charge in [-0.2, -0.15) is 0 Å². The van der Waals surface area contributed by atoms with E-state index in [9.17, 15) is 0 Å². The van der Waals surface area contributed by atoms with Crippen molar-refractivity contribution in [3.63, 3.8) is 0 Å². The normalized spacial score (nSPS) is 13.3. The van der Waals surface area contributed by atoms with Crippen LogP contribution in [0.15, 0.2) is 30.4 Å². The fraction of sp³-hybridized carbons (Fsp3) is 0.421. The Labute approximate surface area is 147 Å². The maximum atomic E-state index is 7.59. The minimum absolute atomic E-state index is 0.421. The van der Waals surface area contributed by atoms with Gasteiger partial charge >= 0.3 is 0 Å². The van der Waals surface area contributed by atoms with E-state index in [0.717, 1.165) is 35.4 Å². The molecule has 2 nitrogen and oxygen atoms in total. The molecule has 0 aliphatic carbocycles. The van der Waals surface area contributed by atoms with E-state index < -0.39 is 10.0 Å². The maximum absolute atomic E-state index is 7.59. The Balaban J connectivity index is 2.86. The molecule has 0 aliphatic heterocycles. The van der Waals surface area contributed by atoms with Gasteiger partial charge in [-0.3, -0.25) is 0 Å². The van der Waals surface area contributed by atoms with Gasteiger partial charge in [0.25, 0.3) is 0 Å². The quantitative estimate of drug-likeness (QED) is 0.451. The topological polar surface area (TPSA) is 35.9 Å². The molecule has 23 heavy (non-hydrogen) atoms. The number of allylic oxidation sites excluding steroid dienone is 1. The second-order valence-corrected chi connectivity index (χ2v) is 11.6. The van der Waals surface area contributed by atoms with Crippen LogP contribution in [0.2, 0.25) is 5.02 Å². The molecule has 1 rings (SSSR count). The van der Waals surface area contributed by atoms with Crippen LogP contribution >= 0.6 is 21.6 Å². The van der Waals surface area contributed by atoms with E-state index >= 15 is 0 Å². The summed E-state index contributed by atoms with van der Waals surface area (Å²) in [5.74, 6) is 1.30. The molecular weight excluding hydrogens is 324 g/mol. The van der Waals surface area contributed by atoms with Crippen molar-refractivity contribution in [2.24, 2.45) is 0 Å². The van der Waals surface area contributed by atoms with E-state index in [1.807, 2.05) is 31.2 Å². The summed E-state index contributed by atoms with van der Waals surface area (Å²) in [4.78, 5) is 0. The van der Waals surface area contributed by atoms with Gasteiger partial charge in [-0.05, 0) is 67.6 Å². The third kappa shape index (κ3) is 6.84. The third-order valence-corrected chi connectivity index (χ3v) is 5.35. The number of nitrogens with one attached hydrogen (secondary N) is 2. The van der Waals surface area contributed by atoms with Gasteiger partial charge in [0.2, 0.25) is 0 Å². The van der Waals surface area contributed by atoms with Gasteiger partial charge in [0.15, 0.2) is 0 Å². The highest BCUT2D eigenvalue weighted by molar-refractivity contribution is 8.32. The van der Waals surface area contributed by atoms with Gasteiger partial charge in [-0.15, -0.1) is 0 Å². The molecule has 0 bridgehead atoms. The lowest BCUT2D eigenvalue weighted by Crippen LogP contribution is -2.17. The minimum atomic E-state index is -0.421. The van der Waals surface area contributed by atoms with Crippen LogP contribution < -0.4 is 5.32 Å². The molecule has 4 heteroatoms. The lowest BCUT2D eigenvalue weighted by molar-refractivity contribution is 0.747. The van der Waals surface area contributed by atoms with Crippen LogP contribution in [-0.4, -0.2) is 37.3 Å². The van der Waals surface area contributed by atoms with Crippen molar-refractivity contribution in [3.8, 4) is 0 Å². The van der Waals surface area contributed by atoms with E-state index in [4.69, 9.17) is 17.0 Å². The number of rotatable bonds is 9. The lowest BCUT2D eigenvalue weighted by atomic mass is 10.0. The van der Waals surface area contributed by atoms with E-state index in [1.54, 1.807) is 0 Å². The van der Waals surface area contributed by atoms with Crippen molar-refractivity contribution in [3.05, 3.63) is 46.5 Å². The second-order valence-electron chi connectivity index (χ2n) is 6.57. The molecule has 0 atom stereocenters. The third-order valence-electron chi connectivity index (χ3n) is 3.60. The second kappa shape index (κ2) is 9.19. The summed E-state index contributed by atoms with van der Waals surface area (Å²) in [5.41, 5.74) is 3.91. The van der Waals surface area contributed by atoms with Crippen LogP contribution in [0.1, 0.15) is 30.9 Å². The van der Waals surface area contributed by atoms with Gasteiger partial charge in [-0.1, -0.05) is 30.3 Å². The smallest absolute Gasteiger partial charge is 0.0465 e. The summed E-state index contributed by atoms with van der Waals surface area (Å²) >= 11 is 6.16. The Hall–Kier alpha value is -1.19. The van der Waals surface area contributed by atoms with Crippen molar-refractivity contribution in [1.29, 1.82) is 5.41 Å². The Morgan fingerprint density at radius 2 is 2.00 bits per heavy atom. The standard InChI is InChI=1S/C19H29ClN2S/c1-6-16-9-10-17(20)13-18(16)19(15(2)14-21)22-11-7-8-12-23(3,4)5/h6,9-10,13-14,21-22H,1,7-8,11-12H2,2-5H3/b19-15-,21-14?. The summed E-state index contributed by atoms with van der Waals surface area (Å²) in [6.07, 6.45) is 12.6. The van der Waals surface area contributed by atoms with Gasteiger partial charge in [0.05, 0.1) is 0 Å². The van der Waals surface area contributed by atoms with Crippen LogP contribution in [0.4, 0.5) is 0 Å². The molecule has 2 N–H and O–H groups in total. The van der Waals surface area contributed by atoms with Crippen LogP contribution in [-0.2, 0) is 0 Å². The van der Waals surface area contributed by atoms with Crippen molar-refractivity contribution in [2.45, 2.75) is 19.8 Å². The van der Waals surface area contributed by atoms with Gasteiger partial charge in [-0.25, -0.2) is 10.0 Å². The summed E-state index contributed by atoms with van der Waals surface area (Å²) in [6.45, 7) is 6.73. The summed E-state index contributed by atoms with van der Waals surface area (Å²) < 4.78 is 0. The molecule has 0 saturated carbocycles. The van der Waals surface area contributed by atoms with Crippen molar-refractivity contribution >= 4 is 39.6 Å². The van der Waals surface area contributed by atoms with E-state index in [2.05, 4.69) is 30.7 Å². The minimum Gasteiger partial charge on any atom is -0.384 e. The predicted molar refractivity (Wildman–Crippen MR) is 110 cm³/mol. The molecule has 1 aromatic carbocycles. The molecule has 0 spiro atoms. The summed E-state index contributed by atoms with van der Waals surface area (Å²) in [6, 6.07) is 5.77. The first-order valence-corrected chi connectivity index (χ1v) is 11.2. The molecule has 0 aliphatic rings. The molecule has 0 radical (unpaired) electrons. The number of benzene rings is 1. The fourth-order valence-electron chi connectivity index (χ4n) is 2.32. The maximum Gasteiger partial charge on any atom is 0.0465 e. The molecule has 0 aromatic heterocycles. The first-order chi connectivity index (χ1) is 10.8.